The molecule has 0 saturated heterocycles. The van der Waals surface area contributed by atoms with Gasteiger partial charge in [0.05, 0.1) is 7.11 Å². The van der Waals surface area contributed by atoms with Gasteiger partial charge < -0.3 is 14.6 Å². The van der Waals surface area contributed by atoms with E-state index in [2.05, 4.69) is 77.6 Å². The lowest BCUT2D eigenvalue weighted by Gasteiger charge is -2.16. The summed E-state index contributed by atoms with van der Waals surface area (Å²) in [6.07, 6.45) is 1.04. The molecule has 132 valence electrons. The molecule has 0 amide bonds. The Bertz CT molecular complexity index is 1020. The zero-order valence-electron chi connectivity index (χ0n) is 15.3. The Morgan fingerprint density at radius 3 is 2.50 bits per heavy atom. The molecule has 0 fully saturated rings. The number of likely N-dealkylation sites (N-methyl/N-ethyl adjacent to an activating group) is 1. The van der Waals surface area contributed by atoms with Crippen LogP contribution < -0.4 is 4.74 Å². The summed E-state index contributed by atoms with van der Waals surface area (Å²) in [5.41, 5.74) is 5.06. The number of aromatic nitrogens is 1. The molecule has 0 unspecified atom stereocenters. The van der Waals surface area contributed by atoms with Crippen molar-refractivity contribution in [1.29, 1.82) is 0 Å². The van der Waals surface area contributed by atoms with Crippen molar-refractivity contribution < 1.29 is 4.74 Å². The summed E-state index contributed by atoms with van der Waals surface area (Å²) in [5, 5.41) is 2.47. The zero-order chi connectivity index (χ0) is 17.9. The first-order valence-corrected chi connectivity index (χ1v) is 9.04. The van der Waals surface area contributed by atoms with Crippen molar-refractivity contribution in [2.45, 2.75) is 13.0 Å². The van der Waals surface area contributed by atoms with Gasteiger partial charge in [-0.1, -0.05) is 42.5 Å². The van der Waals surface area contributed by atoms with Crippen molar-refractivity contribution >= 4 is 21.8 Å². The van der Waals surface area contributed by atoms with Gasteiger partial charge in [-0.05, 0) is 48.9 Å². The Hall–Kier alpha value is -2.78. The predicted molar refractivity (Wildman–Crippen MR) is 109 cm³/mol. The van der Waals surface area contributed by atoms with Crippen LogP contribution in [0.3, 0.4) is 0 Å². The van der Waals surface area contributed by atoms with Gasteiger partial charge in [0.15, 0.2) is 0 Å². The van der Waals surface area contributed by atoms with Crippen LogP contribution in [-0.2, 0) is 13.0 Å². The molecule has 0 aliphatic rings. The minimum absolute atomic E-state index is 0.894. The van der Waals surface area contributed by atoms with Crippen molar-refractivity contribution in [3.63, 3.8) is 0 Å². The number of fused-ring (bicyclic) bond motifs is 3. The topological polar surface area (TPSA) is 28.3 Å². The standard InChI is InChI=1S/C23H24N2O/c1-25(16-18-6-4-3-5-7-18)13-12-17-8-10-20-21-15-19(26-2)9-11-22(21)24-23(20)14-17/h3-11,14-15,24H,12-13,16H2,1-2H3. The van der Waals surface area contributed by atoms with Crippen LogP contribution in [0.2, 0.25) is 0 Å². The molecule has 0 spiro atoms. The summed E-state index contributed by atoms with van der Waals surface area (Å²) >= 11 is 0. The predicted octanol–water partition coefficient (Wildman–Crippen LogP) is 5.00. The second kappa shape index (κ2) is 7.22. The van der Waals surface area contributed by atoms with E-state index in [0.717, 1.165) is 30.8 Å². The Balaban J connectivity index is 1.49. The lowest BCUT2D eigenvalue weighted by atomic mass is 10.1. The van der Waals surface area contributed by atoms with Crippen LogP contribution in [0.1, 0.15) is 11.1 Å². The average Bonchev–Trinajstić information content (AvgIpc) is 3.04. The van der Waals surface area contributed by atoms with Gasteiger partial charge in [-0.2, -0.15) is 0 Å². The quantitative estimate of drug-likeness (QED) is 0.533. The molecule has 1 aromatic heterocycles. The van der Waals surface area contributed by atoms with Gasteiger partial charge in [0.2, 0.25) is 0 Å². The fourth-order valence-electron chi connectivity index (χ4n) is 3.51. The fraction of sp³-hybridized carbons (Fsp3) is 0.217. The fourth-order valence-corrected chi connectivity index (χ4v) is 3.51. The first kappa shape index (κ1) is 16.7. The highest BCUT2D eigenvalue weighted by molar-refractivity contribution is 6.07. The van der Waals surface area contributed by atoms with E-state index < -0.39 is 0 Å². The normalized spacial score (nSPS) is 11.5. The minimum Gasteiger partial charge on any atom is -0.497 e. The molecule has 3 nitrogen and oxygen atoms in total. The van der Waals surface area contributed by atoms with E-state index in [9.17, 15) is 0 Å². The smallest absolute Gasteiger partial charge is 0.119 e. The van der Waals surface area contributed by atoms with E-state index in [1.54, 1.807) is 7.11 Å². The molecule has 1 heterocycles. The van der Waals surface area contributed by atoms with Gasteiger partial charge in [0.25, 0.3) is 0 Å². The number of rotatable bonds is 6. The van der Waals surface area contributed by atoms with Crippen molar-refractivity contribution in [1.82, 2.24) is 9.88 Å². The first-order chi connectivity index (χ1) is 12.7. The Morgan fingerprint density at radius 2 is 1.69 bits per heavy atom. The molecule has 0 radical (unpaired) electrons. The molecule has 0 aliphatic heterocycles. The van der Waals surface area contributed by atoms with Crippen LogP contribution in [0.25, 0.3) is 21.8 Å². The maximum atomic E-state index is 5.36. The van der Waals surface area contributed by atoms with E-state index in [4.69, 9.17) is 4.74 Å². The summed E-state index contributed by atoms with van der Waals surface area (Å²) in [6.45, 7) is 2.02. The van der Waals surface area contributed by atoms with Gasteiger partial charge >= 0.3 is 0 Å². The number of ether oxygens (including phenoxy) is 1. The minimum atomic E-state index is 0.894. The monoisotopic (exact) mass is 344 g/mol. The lowest BCUT2D eigenvalue weighted by Crippen LogP contribution is -2.20. The first-order valence-electron chi connectivity index (χ1n) is 9.04. The third kappa shape index (κ3) is 3.44. The molecule has 0 aliphatic carbocycles. The number of aromatic amines is 1. The molecule has 4 rings (SSSR count). The van der Waals surface area contributed by atoms with E-state index >= 15 is 0 Å². The number of H-pyrrole nitrogens is 1. The molecular formula is C23H24N2O. The molecule has 0 atom stereocenters. The summed E-state index contributed by atoms with van der Waals surface area (Å²) in [6, 6.07) is 23.5. The number of methoxy groups -OCH3 is 1. The molecular weight excluding hydrogens is 320 g/mol. The van der Waals surface area contributed by atoms with Crippen LogP contribution in [0.4, 0.5) is 0 Å². The third-order valence-electron chi connectivity index (χ3n) is 4.95. The van der Waals surface area contributed by atoms with Crippen LogP contribution in [0.5, 0.6) is 5.75 Å². The zero-order valence-corrected chi connectivity index (χ0v) is 15.3. The third-order valence-corrected chi connectivity index (χ3v) is 4.95. The largest absolute Gasteiger partial charge is 0.497 e. The van der Waals surface area contributed by atoms with Gasteiger partial charge in [-0.25, -0.2) is 0 Å². The van der Waals surface area contributed by atoms with Crippen LogP contribution in [0.15, 0.2) is 66.7 Å². The molecule has 3 heteroatoms. The molecule has 3 aromatic carbocycles. The summed E-state index contributed by atoms with van der Waals surface area (Å²) in [4.78, 5) is 5.90. The number of nitrogens with one attached hydrogen (secondary N) is 1. The van der Waals surface area contributed by atoms with Crippen LogP contribution in [-0.4, -0.2) is 30.6 Å². The second-order valence-electron chi connectivity index (χ2n) is 6.89. The van der Waals surface area contributed by atoms with Crippen molar-refractivity contribution in [2.24, 2.45) is 0 Å². The van der Waals surface area contributed by atoms with Crippen LogP contribution in [0, 0.1) is 0 Å². The Morgan fingerprint density at radius 1 is 0.846 bits per heavy atom. The average molecular weight is 344 g/mol. The molecule has 26 heavy (non-hydrogen) atoms. The number of nitrogens with zero attached hydrogens (tertiary/aromatic N) is 1. The Labute approximate surface area is 154 Å². The van der Waals surface area contributed by atoms with Crippen molar-refractivity contribution in [3.8, 4) is 5.75 Å². The maximum absolute atomic E-state index is 5.36. The van der Waals surface area contributed by atoms with Gasteiger partial charge in [0.1, 0.15) is 5.75 Å². The summed E-state index contributed by atoms with van der Waals surface area (Å²) in [7, 11) is 3.89. The van der Waals surface area contributed by atoms with E-state index in [-0.39, 0.29) is 0 Å². The Kier molecular flexibility index (Phi) is 4.63. The van der Waals surface area contributed by atoms with E-state index in [1.807, 2.05) is 6.07 Å². The number of hydrogen-bond acceptors (Lipinski definition) is 2. The van der Waals surface area contributed by atoms with Crippen molar-refractivity contribution in [2.75, 3.05) is 20.7 Å². The lowest BCUT2D eigenvalue weighted by molar-refractivity contribution is 0.331. The molecule has 1 N–H and O–H groups in total. The van der Waals surface area contributed by atoms with E-state index in [0.29, 0.717) is 0 Å². The number of hydrogen-bond donors (Lipinski definition) is 1. The van der Waals surface area contributed by atoms with E-state index in [1.165, 1.54) is 27.4 Å². The van der Waals surface area contributed by atoms with Gasteiger partial charge in [-0.3, -0.25) is 0 Å². The van der Waals surface area contributed by atoms with Crippen LogP contribution >= 0.6 is 0 Å². The SMILES string of the molecule is COc1ccc2[nH]c3cc(CCN(C)Cc4ccccc4)ccc3c2c1. The van der Waals surface area contributed by atoms with Gasteiger partial charge in [-0.15, -0.1) is 0 Å². The highest BCUT2D eigenvalue weighted by Gasteiger charge is 2.07. The highest BCUT2D eigenvalue weighted by atomic mass is 16.5. The molecule has 0 saturated carbocycles. The summed E-state index contributed by atoms with van der Waals surface area (Å²) < 4.78 is 5.36. The van der Waals surface area contributed by atoms with Gasteiger partial charge in [0, 0.05) is 34.9 Å². The summed E-state index contributed by atoms with van der Waals surface area (Å²) in [5.74, 6) is 0.894. The highest BCUT2D eigenvalue weighted by Crippen LogP contribution is 2.29. The maximum Gasteiger partial charge on any atom is 0.119 e. The number of benzene rings is 3. The molecule has 4 aromatic rings. The second-order valence-corrected chi connectivity index (χ2v) is 6.89. The van der Waals surface area contributed by atoms with Crippen molar-refractivity contribution in [3.05, 3.63) is 77.9 Å². The molecule has 0 bridgehead atoms.